The van der Waals surface area contributed by atoms with Gasteiger partial charge in [-0.2, -0.15) is 0 Å². The smallest absolute Gasteiger partial charge is 0.158 e. The van der Waals surface area contributed by atoms with Crippen molar-refractivity contribution < 1.29 is 9.90 Å². The minimum absolute atomic E-state index is 0.196. The number of carbonyl (C=O) groups is 1. The zero-order valence-electron chi connectivity index (χ0n) is 9.07. The molecule has 14 heavy (non-hydrogen) atoms. The lowest BCUT2D eigenvalue weighted by Gasteiger charge is -2.06. The van der Waals surface area contributed by atoms with Gasteiger partial charge in [0.25, 0.3) is 0 Å². The Morgan fingerprint density at radius 2 is 2.29 bits per heavy atom. The molecule has 0 aromatic carbocycles. The number of allylic oxidation sites excluding steroid dienone is 1. The van der Waals surface area contributed by atoms with Gasteiger partial charge < -0.3 is 5.11 Å². The van der Waals surface area contributed by atoms with Gasteiger partial charge in [0.2, 0.25) is 0 Å². The molecule has 0 spiro atoms. The van der Waals surface area contributed by atoms with Gasteiger partial charge in [-0.1, -0.05) is 19.4 Å². The number of aliphatic hydroxyl groups excluding tert-OH is 1. The van der Waals surface area contributed by atoms with E-state index in [2.05, 4.69) is 6.92 Å². The Kier molecular flexibility index (Phi) is 4.33. The van der Waals surface area contributed by atoms with Crippen LogP contribution < -0.4 is 0 Å². The van der Waals surface area contributed by atoms with E-state index in [-0.39, 0.29) is 11.7 Å². The molecular weight excluding hydrogens is 176 g/mol. The Balaban J connectivity index is 2.39. The fraction of sp³-hybridized carbons (Fsp3) is 0.750. The molecule has 2 nitrogen and oxygen atoms in total. The molecule has 0 aromatic heterocycles. The van der Waals surface area contributed by atoms with E-state index < -0.39 is 6.10 Å². The van der Waals surface area contributed by atoms with Crippen molar-refractivity contribution >= 4 is 5.78 Å². The summed E-state index contributed by atoms with van der Waals surface area (Å²) >= 11 is 0. The molecule has 0 aliphatic heterocycles. The monoisotopic (exact) mass is 196 g/mol. The summed E-state index contributed by atoms with van der Waals surface area (Å²) in [6.45, 7) is 3.84. The Labute approximate surface area is 86.0 Å². The first-order chi connectivity index (χ1) is 6.63. The van der Waals surface area contributed by atoms with E-state index in [4.69, 9.17) is 5.11 Å². The van der Waals surface area contributed by atoms with Gasteiger partial charge in [0.05, 0.1) is 6.10 Å². The molecule has 0 saturated heterocycles. The molecule has 0 heterocycles. The molecule has 1 aliphatic carbocycles. The van der Waals surface area contributed by atoms with E-state index in [0.29, 0.717) is 0 Å². The first kappa shape index (κ1) is 11.4. The summed E-state index contributed by atoms with van der Waals surface area (Å²) in [5.74, 6) is 1.15. The maximum atomic E-state index is 11.6. The lowest BCUT2D eigenvalue weighted by Crippen LogP contribution is -2.09. The van der Waals surface area contributed by atoms with Crippen molar-refractivity contribution in [3.8, 4) is 0 Å². The van der Waals surface area contributed by atoms with Crippen molar-refractivity contribution in [1.82, 2.24) is 0 Å². The molecule has 80 valence electrons. The van der Waals surface area contributed by atoms with Gasteiger partial charge in [-0.3, -0.25) is 4.79 Å². The molecule has 0 bridgehead atoms. The van der Waals surface area contributed by atoms with E-state index in [1.54, 1.807) is 19.1 Å². The summed E-state index contributed by atoms with van der Waals surface area (Å²) in [7, 11) is 0. The van der Waals surface area contributed by atoms with Crippen LogP contribution in [0.25, 0.3) is 0 Å². The molecule has 1 rings (SSSR count). The summed E-state index contributed by atoms with van der Waals surface area (Å²) in [6.07, 6.45) is 7.05. The van der Waals surface area contributed by atoms with Crippen LogP contribution in [0.1, 0.15) is 39.5 Å². The largest absolute Gasteiger partial charge is 0.389 e. The molecule has 0 amide bonds. The first-order valence-corrected chi connectivity index (χ1v) is 5.53. The Morgan fingerprint density at radius 1 is 1.57 bits per heavy atom. The second-order valence-electron chi connectivity index (χ2n) is 4.29. The normalized spacial score (nSPS) is 29.6. The highest BCUT2D eigenvalue weighted by Gasteiger charge is 2.27. The maximum Gasteiger partial charge on any atom is 0.158 e. The third kappa shape index (κ3) is 3.26. The molecule has 0 aromatic rings. The van der Waals surface area contributed by atoms with Crippen LogP contribution in [0.2, 0.25) is 0 Å². The summed E-state index contributed by atoms with van der Waals surface area (Å²) < 4.78 is 0. The van der Waals surface area contributed by atoms with Crippen molar-refractivity contribution in [2.24, 2.45) is 11.8 Å². The van der Waals surface area contributed by atoms with Crippen molar-refractivity contribution in [3.63, 3.8) is 0 Å². The van der Waals surface area contributed by atoms with Gasteiger partial charge in [0.1, 0.15) is 0 Å². The number of ketones is 1. The molecule has 1 fully saturated rings. The summed E-state index contributed by atoms with van der Waals surface area (Å²) in [5, 5.41) is 9.00. The number of carbonyl (C=O) groups excluding carboxylic acids is 1. The lowest BCUT2D eigenvalue weighted by molar-refractivity contribution is -0.118. The van der Waals surface area contributed by atoms with Crippen LogP contribution in [-0.2, 0) is 4.79 Å². The molecular formula is C12H20O2. The van der Waals surface area contributed by atoms with Gasteiger partial charge in [-0.25, -0.2) is 0 Å². The topological polar surface area (TPSA) is 37.3 Å². The quantitative estimate of drug-likeness (QED) is 0.701. The molecule has 3 atom stereocenters. The molecule has 1 N–H and O–H groups in total. The predicted octanol–water partition coefficient (Wildman–Crippen LogP) is 2.32. The van der Waals surface area contributed by atoms with E-state index in [9.17, 15) is 4.79 Å². The van der Waals surface area contributed by atoms with Crippen LogP contribution in [0.15, 0.2) is 12.2 Å². The predicted molar refractivity (Wildman–Crippen MR) is 56.9 cm³/mol. The van der Waals surface area contributed by atoms with E-state index >= 15 is 0 Å². The minimum atomic E-state index is -0.512. The van der Waals surface area contributed by atoms with Crippen LogP contribution in [0.4, 0.5) is 0 Å². The highest BCUT2D eigenvalue weighted by Crippen LogP contribution is 2.33. The molecule has 1 aliphatic rings. The van der Waals surface area contributed by atoms with Crippen LogP contribution in [-0.4, -0.2) is 17.0 Å². The van der Waals surface area contributed by atoms with Gasteiger partial charge in [-0.15, -0.1) is 0 Å². The van der Waals surface area contributed by atoms with Crippen LogP contribution in [0.3, 0.4) is 0 Å². The lowest BCUT2D eigenvalue weighted by atomic mass is 9.99. The third-order valence-corrected chi connectivity index (χ3v) is 3.06. The number of hydrogen-bond donors (Lipinski definition) is 1. The van der Waals surface area contributed by atoms with Gasteiger partial charge in [0.15, 0.2) is 5.78 Å². The number of hydrogen-bond acceptors (Lipinski definition) is 2. The molecule has 2 heteroatoms. The Bertz CT molecular complexity index is 218. The average molecular weight is 196 g/mol. The zero-order valence-corrected chi connectivity index (χ0v) is 9.07. The van der Waals surface area contributed by atoms with Gasteiger partial charge in [-0.05, 0) is 38.2 Å². The second-order valence-corrected chi connectivity index (χ2v) is 4.29. The third-order valence-electron chi connectivity index (χ3n) is 3.06. The molecule has 1 saturated carbocycles. The Hall–Kier alpha value is -0.630. The van der Waals surface area contributed by atoms with Crippen LogP contribution in [0, 0.1) is 11.8 Å². The van der Waals surface area contributed by atoms with E-state index in [1.165, 1.54) is 12.8 Å². The van der Waals surface area contributed by atoms with E-state index in [1.807, 2.05) is 0 Å². The summed E-state index contributed by atoms with van der Waals surface area (Å²) in [5.41, 5.74) is 0. The zero-order chi connectivity index (χ0) is 10.6. The minimum Gasteiger partial charge on any atom is -0.389 e. The van der Waals surface area contributed by atoms with Gasteiger partial charge in [0, 0.05) is 5.92 Å². The van der Waals surface area contributed by atoms with E-state index in [0.717, 1.165) is 18.8 Å². The van der Waals surface area contributed by atoms with Crippen molar-refractivity contribution in [3.05, 3.63) is 12.2 Å². The first-order valence-electron chi connectivity index (χ1n) is 5.53. The fourth-order valence-electron chi connectivity index (χ4n) is 2.07. The van der Waals surface area contributed by atoms with Crippen LogP contribution in [0.5, 0.6) is 0 Å². The number of rotatable bonds is 4. The maximum absolute atomic E-state index is 11.6. The Morgan fingerprint density at radius 3 is 2.79 bits per heavy atom. The molecule has 3 unspecified atom stereocenters. The van der Waals surface area contributed by atoms with Gasteiger partial charge >= 0.3 is 0 Å². The summed E-state index contributed by atoms with van der Waals surface area (Å²) in [4.78, 5) is 11.6. The number of aliphatic hydroxyl groups is 1. The van der Waals surface area contributed by atoms with Crippen molar-refractivity contribution in [2.45, 2.75) is 45.6 Å². The van der Waals surface area contributed by atoms with Crippen LogP contribution >= 0.6 is 0 Å². The fourth-order valence-corrected chi connectivity index (χ4v) is 2.07. The highest BCUT2D eigenvalue weighted by atomic mass is 16.3. The molecule has 0 radical (unpaired) electrons. The average Bonchev–Trinajstić information content (AvgIpc) is 2.62. The van der Waals surface area contributed by atoms with Crippen molar-refractivity contribution in [2.75, 3.05) is 0 Å². The SMILES string of the molecule is CCC1CCC(C(=O)/C=C/C(C)O)C1. The second kappa shape index (κ2) is 5.30. The van der Waals surface area contributed by atoms with Crippen molar-refractivity contribution in [1.29, 1.82) is 0 Å². The summed E-state index contributed by atoms with van der Waals surface area (Å²) in [6, 6.07) is 0. The highest BCUT2D eigenvalue weighted by molar-refractivity contribution is 5.91. The standard InChI is InChI=1S/C12H20O2/c1-3-10-5-6-11(8-10)12(14)7-4-9(2)13/h4,7,9-11,13H,3,5-6,8H2,1-2H3/b7-4+.